The van der Waals surface area contributed by atoms with Gasteiger partial charge in [0.2, 0.25) is 0 Å². The third kappa shape index (κ3) is 5.17. The average Bonchev–Trinajstić information content (AvgIpc) is 2.33. The maximum Gasteiger partial charge on any atom is 0.0452 e. The molecule has 0 heterocycles. The highest BCUT2D eigenvalue weighted by Crippen LogP contribution is 2.26. The zero-order chi connectivity index (χ0) is 13.4. The minimum atomic E-state index is 0.626. The standard InChI is InChI=1S/C15H23Cl2N/c1-3-7-12(18-4-2)8-5-9-13-14(16)10-6-11-15(13)17/h6,10-12,18H,3-5,7-9H2,1-2H3. The van der Waals surface area contributed by atoms with Crippen LogP contribution < -0.4 is 5.32 Å². The van der Waals surface area contributed by atoms with Crippen LogP contribution in [0.3, 0.4) is 0 Å². The van der Waals surface area contributed by atoms with Gasteiger partial charge in [-0.3, -0.25) is 0 Å². The molecule has 0 bridgehead atoms. The van der Waals surface area contributed by atoms with E-state index in [1.54, 1.807) is 0 Å². The van der Waals surface area contributed by atoms with E-state index < -0.39 is 0 Å². The molecule has 0 saturated carbocycles. The summed E-state index contributed by atoms with van der Waals surface area (Å²) < 4.78 is 0. The maximum atomic E-state index is 6.17. The van der Waals surface area contributed by atoms with Gasteiger partial charge in [-0.15, -0.1) is 0 Å². The summed E-state index contributed by atoms with van der Waals surface area (Å²) in [6.45, 7) is 5.43. The predicted molar refractivity (Wildman–Crippen MR) is 81.8 cm³/mol. The second-order valence-corrected chi connectivity index (χ2v) is 5.45. The van der Waals surface area contributed by atoms with E-state index in [-0.39, 0.29) is 0 Å². The molecule has 18 heavy (non-hydrogen) atoms. The Balaban J connectivity index is 2.44. The average molecular weight is 288 g/mol. The largest absolute Gasteiger partial charge is 0.314 e. The molecule has 0 fully saturated rings. The molecule has 1 unspecified atom stereocenters. The second-order valence-electron chi connectivity index (χ2n) is 4.64. The van der Waals surface area contributed by atoms with Crippen LogP contribution in [0.1, 0.15) is 45.1 Å². The number of benzene rings is 1. The Morgan fingerprint density at radius 2 is 1.78 bits per heavy atom. The van der Waals surface area contributed by atoms with Crippen LogP contribution in [0.25, 0.3) is 0 Å². The second kappa shape index (κ2) is 8.79. The monoisotopic (exact) mass is 287 g/mol. The van der Waals surface area contributed by atoms with Crippen LogP contribution in [-0.2, 0) is 6.42 Å². The molecule has 0 radical (unpaired) electrons. The molecule has 0 spiro atoms. The maximum absolute atomic E-state index is 6.17. The summed E-state index contributed by atoms with van der Waals surface area (Å²) in [6, 6.07) is 6.35. The zero-order valence-electron chi connectivity index (χ0n) is 11.3. The van der Waals surface area contributed by atoms with Crippen LogP contribution in [0.4, 0.5) is 0 Å². The molecular weight excluding hydrogens is 265 g/mol. The van der Waals surface area contributed by atoms with Gasteiger partial charge in [-0.05, 0) is 49.9 Å². The summed E-state index contributed by atoms with van der Waals surface area (Å²) in [5, 5.41) is 5.11. The lowest BCUT2D eigenvalue weighted by atomic mass is 10.0. The van der Waals surface area contributed by atoms with Crippen molar-refractivity contribution >= 4 is 23.2 Å². The SMILES string of the molecule is CCCC(CCCc1c(Cl)cccc1Cl)NCC. The first-order chi connectivity index (χ1) is 8.69. The minimum absolute atomic E-state index is 0.626. The molecule has 3 heteroatoms. The highest BCUT2D eigenvalue weighted by molar-refractivity contribution is 6.35. The van der Waals surface area contributed by atoms with Gasteiger partial charge in [0.25, 0.3) is 0 Å². The van der Waals surface area contributed by atoms with Gasteiger partial charge in [-0.25, -0.2) is 0 Å². The van der Waals surface area contributed by atoms with Gasteiger partial charge in [0.05, 0.1) is 0 Å². The highest BCUT2D eigenvalue weighted by Gasteiger charge is 2.08. The molecule has 0 aliphatic heterocycles. The Bertz CT molecular complexity index is 326. The topological polar surface area (TPSA) is 12.0 Å². The van der Waals surface area contributed by atoms with Crippen LogP contribution in [0, 0.1) is 0 Å². The number of hydrogen-bond donors (Lipinski definition) is 1. The summed E-state index contributed by atoms with van der Waals surface area (Å²) in [6.07, 6.45) is 5.74. The molecule has 1 aromatic rings. The Labute approximate surface area is 121 Å². The molecule has 1 aromatic carbocycles. The van der Waals surface area contributed by atoms with Gasteiger partial charge in [0.1, 0.15) is 0 Å². The summed E-state index contributed by atoms with van der Waals surface area (Å²) in [5.41, 5.74) is 1.09. The molecule has 102 valence electrons. The quantitative estimate of drug-likeness (QED) is 0.702. The molecule has 1 rings (SSSR count). The lowest BCUT2D eigenvalue weighted by Crippen LogP contribution is -2.28. The van der Waals surface area contributed by atoms with Crippen molar-refractivity contribution in [3.05, 3.63) is 33.8 Å². The van der Waals surface area contributed by atoms with E-state index in [1.165, 1.54) is 19.3 Å². The fourth-order valence-corrected chi connectivity index (χ4v) is 2.87. The van der Waals surface area contributed by atoms with E-state index in [0.717, 1.165) is 35.0 Å². The Morgan fingerprint density at radius 3 is 2.33 bits per heavy atom. The van der Waals surface area contributed by atoms with Crippen molar-refractivity contribution in [2.45, 2.75) is 52.0 Å². The first kappa shape index (κ1) is 15.8. The van der Waals surface area contributed by atoms with Gasteiger partial charge >= 0.3 is 0 Å². The Kier molecular flexibility index (Phi) is 7.73. The molecule has 0 aromatic heterocycles. The van der Waals surface area contributed by atoms with Crippen molar-refractivity contribution in [2.75, 3.05) is 6.54 Å². The lowest BCUT2D eigenvalue weighted by Gasteiger charge is -2.17. The van der Waals surface area contributed by atoms with E-state index in [0.29, 0.717) is 6.04 Å². The summed E-state index contributed by atoms with van der Waals surface area (Å²) >= 11 is 12.3. The predicted octanol–water partition coefficient (Wildman–Crippen LogP) is 5.09. The van der Waals surface area contributed by atoms with Gasteiger partial charge < -0.3 is 5.32 Å². The number of hydrogen-bond acceptors (Lipinski definition) is 1. The van der Waals surface area contributed by atoms with Crippen LogP contribution >= 0.6 is 23.2 Å². The van der Waals surface area contributed by atoms with Gasteiger partial charge in [-0.2, -0.15) is 0 Å². The van der Waals surface area contributed by atoms with E-state index in [1.807, 2.05) is 18.2 Å². The van der Waals surface area contributed by atoms with Crippen LogP contribution in [0.15, 0.2) is 18.2 Å². The first-order valence-electron chi connectivity index (χ1n) is 6.85. The molecule has 1 atom stereocenters. The molecule has 0 saturated heterocycles. The lowest BCUT2D eigenvalue weighted by molar-refractivity contribution is 0.447. The van der Waals surface area contributed by atoms with Crippen LogP contribution in [-0.4, -0.2) is 12.6 Å². The normalized spacial score (nSPS) is 12.7. The molecular formula is C15H23Cl2N. The van der Waals surface area contributed by atoms with Crippen molar-refractivity contribution in [1.82, 2.24) is 5.32 Å². The zero-order valence-corrected chi connectivity index (χ0v) is 12.8. The van der Waals surface area contributed by atoms with E-state index in [2.05, 4.69) is 19.2 Å². The third-order valence-corrected chi connectivity index (χ3v) is 3.88. The number of rotatable bonds is 8. The van der Waals surface area contributed by atoms with Crippen LogP contribution in [0.5, 0.6) is 0 Å². The Hall–Kier alpha value is -0.240. The minimum Gasteiger partial charge on any atom is -0.314 e. The summed E-state index contributed by atoms with van der Waals surface area (Å²) in [4.78, 5) is 0. The van der Waals surface area contributed by atoms with Gasteiger partial charge in [-0.1, -0.05) is 49.5 Å². The molecule has 1 N–H and O–H groups in total. The van der Waals surface area contributed by atoms with Gasteiger partial charge in [0.15, 0.2) is 0 Å². The Morgan fingerprint density at radius 1 is 1.11 bits per heavy atom. The van der Waals surface area contributed by atoms with E-state index in [4.69, 9.17) is 23.2 Å². The van der Waals surface area contributed by atoms with E-state index >= 15 is 0 Å². The van der Waals surface area contributed by atoms with Crippen molar-refractivity contribution in [2.24, 2.45) is 0 Å². The third-order valence-electron chi connectivity index (χ3n) is 3.17. The van der Waals surface area contributed by atoms with Crippen molar-refractivity contribution in [3.8, 4) is 0 Å². The molecule has 1 nitrogen and oxygen atoms in total. The smallest absolute Gasteiger partial charge is 0.0452 e. The van der Waals surface area contributed by atoms with Gasteiger partial charge in [0, 0.05) is 16.1 Å². The highest BCUT2D eigenvalue weighted by atomic mass is 35.5. The van der Waals surface area contributed by atoms with Crippen molar-refractivity contribution in [3.63, 3.8) is 0 Å². The van der Waals surface area contributed by atoms with Crippen LogP contribution in [0.2, 0.25) is 10.0 Å². The number of nitrogens with one attached hydrogen (secondary N) is 1. The molecule has 0 amide bonds. The molecule has 0 aliphatic rings. The van der Waals surface area contributed by atoms with E-state index in [9.17, 15) is 0 Å². The first-order valence-corrected chi connectivity index (χ1v) is 7.60. The summed E-state index contributed by atoms with van der Waals surface area (Å²) in [5.74, 6) is 0. The molecule has 0 aliphatic carbocycles. The number of halogens is 2. The fourth-order valence-electron chi connectivity index (χ4n) is 2.28. The van der Waals surface area contributed by atoms with Crippen molar-refractivity contribution < 1.29 is 0 Å². The summed E-state index contributed by atoms with van der Waals surface area (Å²) in [7, 11) is 0. The van der Waals surface area contributed by atoms with Crippen molar-refractivity contribution in [1.29, 1.82) is 0 Å². The fraction of sp³-hybridized carbons (Fsp3) is 0.600.